The van der Waals surface area contributed by atoms with Crippen molar-refractivity contribution < 1.29 is 27.4 Å². The third kappa shape index (κ3) is 4.92. The Kier molecular flexibility index (Phi) is 6.33. The standard InChI is InChI=1S/C20H17ClF3N3O3/c1-28-12-5-3-11(4-6-12)17(25)15-10-26-18(19(21)27-15)14-9-13(30-20(22,23)24)7-8-16(14)29-2/h3-10,17H,25H2,1-2H3. The minimum Gasteiger partial charge on any atom is -0.497 e. The van der Waals surface area contributed by atoms with E-state index in [1.54, 1.807) is 31.4 Å². The normalized spacial score (nSPS) is 12.4. The topological polar surface area (TPSA) is 79.5 Å². The van der Waals surface area contributed by atoms with E-state index in [2.05, 4.69) is 14.7 Å². The van der Waals surface area contributed by atoms with E-state index >= 15 is 0 Å². The number of methoxy groups -OCH3 is 2. The molecule has 158 valence electrons. The van der Waals surface area contributed by atoms with E-state index in [1.165, 1.54) is 19.4 Å². The van der Waals surface area contributed by atoms with Gasteiger partial charge in [-0.2, -0.15) is 0 Å². The molecule has 0 aliphatic carbocycles. The number of alkyl halides is 3. The molecule has 0 bridgehead atoms. The number of halogens is 4. The molecule has 2 N–H and O–H groups in total. The second-order valence-electron chi connectivity index (χ2n) is 6.10. The molecule has 3 rings (SSSR count). The van der Waals surface area contributed by atoms with Gasteiger partial charge in [-0.1, -0.05) is 23.7 Å². The predicted octanol–water partition coefficient (Wildman–Crippen LogP) is 4.76. The molecule has 0 radical (unpaired) electrons. The van der Waals surface area contributed by atoms with Crippen molar-refractivity contribution in [1.82, 2.24) is 9.97 Å². The molecule has 0 amide bonds. The van der Waals surface area contributed by atoms with Crippen LogP contribution in [0.15, 0.2) is 48.7 Å². The number of benzene rings is 2. The Morgan fingerprint density at radius 2 is 1.67 bits per heavy atom. The number of aromatic nitrogens is 2. The van der Waals surface area contributed by atoms with Gasteiger partial charge in [-0.25, -0.2) is 4.98 Å². The van der Waals surface area contributed by atoms with Gasteiger partial charge >= 0.3 is 6.36 Å². The van der Waals surface area contributed by atoms with Crippen molar-refractivity contribution in [1.29, 1.82) is 0 Å². The molecule has 2 aromatic carbocycles. The number of nitrogens with two attached hydrogens (primary N) is 1. The van der Waals surface area contributed by atoms with Crippen LogP contribution in [-0.4, -0.2) is 30.5 Å². The van der Waals surface area contributed by atoms with Crippen LogP contribution in [-0.2, 0) is 0 Å². The molecule has 1 aromatic heterocycles. The van der Waals surface area contributed by atoms with Crippen molar-refractivity contribution in [3.8, 4) is 28.5 Å². The summed E-state index contributed by atoms with van der Waals surface area (Å²) in [7, 11) is 2.93. The molecule has 1 atom stereocenters. The van der Waals surface area contributed by atoms with E-state index in [4.69, 9.17) is 26.8 Å². The van der Waals surface area contributed by atoms with E-state index < -0.39 is 18.2 Å². The molecule has 3 aromatic rings. The van der Waals surface area contributed by atoms with Crippen LogP contribution >= 0.6 is 11.6 Å². The quantitative estimate of drug-likeness (QED) is 0.596. The number of nitrogens with zero attached hydrogens (tertiary/aromatic N) is 2. The van der Waals surface area contributed by atoms with Crippen molar-refractivity contribution in [3.63, 3.8) is 0 Å². The largest absolute Gasteiger partial charge is 0.573 e. The number of rotatable bonds is 6. The van der Waals surface area contributed by atoms with Crippen LogP contribution in [0.1, 0.15) is 17.3 Å². The first-order valence-corrected chi connectivity index (χ1v) is 8.95. The first-order valence-electron chi connectivity index (χ1n) is 8.58. The highest BCUT2D eigenvalue weighted by Gasteiger charge is 2.31. The summed E-state index contributed by atoms with van der Waals surface area (Å²) in [5, 5.41) is -0.0427. The first kappa shape index (κ1) is 21.7. The first-order chi connectivity index (χ1) is 14.2. The van der Waals surface area contributed by atoms with Gasteiger partial charge in [0, 0.05) is 5.56 Å². The summed E-state index contributed by atoms with van der Waals surface area (Å²) in [5.74, 6) is 0.501. The highest BCUT2D eigenvalue weighted by atomic mass is 35.5. The maximum Gasteiger partial charge on any atom is 0.573 e. The van der Waals surface area contributed by atoms with Gasteiger partial charge in [-0.15, -0.1) is 13.2 Å². The molecule has 0 saturated carbocycles. The van der Waals surface area contributed by atoms with Crippen LogP contribution in [0.4, 0.5) is 13.2 Å². The van der Waals surface area contributed by atoms with Crippen molar-refractivity contribution in [2.45, 2.75) is 12.4 Å². The van der Waals surface area contributed by atoms with Gasteiger partial charge in [0.2, 0.25) is 0 Å². The van der Waals surface area contributed by atoms with Gasteiger partial charge < -0.3 is 19.9 Å². The Labute approximate surface area is 175 Å². The molecule has 0 spiro atoms. The summed E-state index contributed by atoms with van der Waals surface area (Å²) < 4.78 is 52.0. The van der Waals surface area contributed by atoms with E-state index in [-0.39, 0.29) is 22.2 Å². The molecule has 10 heteroatoms. The number of hydrogen-bond donors (Lipinski definition) is 1. The highest BCUT2D eigenvalue weighted by Crippen LogP contribution is 2.37. The summed E-state index contributed by atoms with van der Waals surface area (Å²) >= 11 is 6.29. The summed E-state index contributed by atoms with van der Waals surface area (Å²) in [5.41, 5.74) is 7.71. The molecule has 1 heterocycles. The third-order valence-corrected chi connectivity index (χ3v) is 4.47. The average molecular weight is 440 g/mol. The lowest BCUT2D eigenvalue weighted by Crippen LogP contribution is -2.17. The Morgan fingerprint density at radius 1 is 1.00 bits per heavy atom. The lowest BCUT2D eigenvalue weighted by atomic mass is 10.0. The summed E-state index contributed by atoms with van der Waals surface area (Å²) in [6.07, 6.45) is -3.43. The van der Waals surface area contributed by atoms with Gasteiger partial charge in [-0.05, 0) is 35.9 Å². The lowest BCUT2D eigenvalue weighted by Gasteiger charge is -2.15. The minimum absolute atomic E-state index is 0.0427. The van der Waals surface area contributed by atoms with Crippen LogP contribution in [0, 0.1) is 0 Å². The molecule has 0 aliphatic rings. The van der Waals surface area contributed by atoms with E-state index in [0.29, 0.717) is 11.4 Å². The second-order valence-corrected chi connectivity index (χ2v) is 6.45. The van der Waals surface area contributed by atoms with E-state index in [9.17, 15) is 13.2 Å². The third-order valence-electron chi connectivity index (χ3n) is 4.20. The van der Waals surface area contributed by atoms with Crippen LogP contribution in [0.25, 0.3) is 11.3 Å². The Balaban J connectivity index is 1.95. The van der Waals surface area contributed by atoms with E-state index in [0.717, 1.165) is 17.7 Å². The zero-order chi connectivity index (χ0) is 21.9. The molecule has 30 heavy (non-hydrogen) atoms. The maximum absolute atomic E-state index is 12.6. The predicted molar refractivity (Wildman–Crippen MR) is 105 cm³/mol. The Hall–Kier alpha value is -3.04. The van der Waals surface area contributed by atoms with Crippen molar-refractivity contribution >= 4 is 11.6 Å². The van der Waals surface area contributed by atoms with Crippen molar-refractivity contribution in [3.05, 3.63) is 65.1 Å². The molecule has 0 fully saturated rings. The molecule has 6 nitrogen and oxygen atoms in total. The average Bonchev–Trinajstić information content (AvgIpc) is 2.72. The number of hydrogen-bond acceptors (Lipinski definition) is 6. The molecule has 0 aliphatic heterocycles. The number of ether oxygens (including phenoxy) is 3. The summed E-state index contributed by atoms with van der Waals surface area (Å²) in [4.78, 5) is 8.54. The Bertz CT molecular complexity index is 1030. The van der Waals surface area contributed by atoms with Gasteiger partial charge in [0.1, 0.15) is 22.9 Å². The fraction of sp³-hybridized carbons (Fsp3) is 0.200. The Morgan fingerprint density at radius 3 is 2.23 bits per heavy atom. The fourth-order valence-corrected chi connectivity index (χ4v) is 3.01. The molecular formula is C20H17ClF3N3O3. The van der Waals surface area contributed by atoms with Crippen LogP contribution in [0.5, 0.6) is 17.2 Å². The van der Waals surface area contributed by atoms with Gasteiger partial charge in [0.25, 0.3) is 0 Å². The zero-order valence-corrected chi connectivity index (χ0v) is 16.7. The zero-order valence-electron chi connectivity index (χ0n) is 15.9. The van der Waals surface area contributed by atoms with Crippen LogP contribution < -0.4 is 19.9 Å². The highest BCUT2D eigenvalue weighted by molar-refractivity contribution is 6.31. The second kappa shape index (κ2) is 8.76. The van der Waals surface area contributed by atoms with Crippen molar-refractivity contribution in [2.24, 2.45) is 5.73 Å². The summed E-state index contributed by atoms with van der Waals surface area (Å²) in [6, 6.07) is 10.1. The lowest BCUT2D eigenvalue weighted by molar-refractivity contribution is -0.274. The monoisotopic (exact) mass is 439 g/mol. The fourth-order valence-electron chi connectivity index (χ4n) is 2.76. The van der Waals surface area contributed by atoms with Crippen LogP contribution in [0.2, 0.25) is 5.15 Å². The minimum atomic E-state index is -4.84. The molecule has 0 saturated heterocycles. The van der Waals surface area contributed by atoms with E-state index in [1.807, 2.05) is 0 Å². The molecular weight excluding hydrogens is 423 g/mol. The smallest absolute Gasteiger partial charge is 0.497 e. The summed E-state index contributed by atoms with van der Waals surface area (Å²) in [6.45, 7) is 0. The maximum atomic E-state index is 12.6. The molecule has 1 unspecified atom stereocenters. The van der Waals surface area contributed by atoms with Gasteiger partial charge in [0.15, 0.2) is 5.15 Å². The van der Waals surface area contributed by atoms with Crippen LogP contribution in [0.3, 0.4) is 0 Å². The van der Waals surface area contributed by atoms with Crippen molar-refractivity contribution in [2.75, 3.05) is 14.2 Å². The van der Waals surface area contributed by atoms with Gasteiger partial charge in [0.05, 0.1) is 32.2 Å². The van der Waals surface area contributed by atoms with Gasteiger partial charge in [-0.3, -0.25) is 4.98 Å². The SMILES string of the molecule is COc1ccc(C(N)c2cnc(-c3cc(OC(F)(F)F)ccc3OC)c(Cl)n2)cc1.